The Kier molecular flexibility index (Phi) is 5.72. The number of rotatable bonds is 4. The number of nitrogens with zero attached hydrogens (tertiary/aromatic N) is 5. The largest absolute Gasteiger partial charge is 0.342 e. The zero-order valence-electron chi connectivity index (χ0n) is 17.0. The summed E-state index contributed by atoms with van der Waals surface area (Å²) in [5.74, 6) is 0.639. The summed E-state index contributed by atoms with van der Waals surface area (Å²) in [4.78, 5) is 49.0. The number of aromatic nitrogens is 4. The van der Waals surface area contributed by atoms with Crippen LogP contribution in [0.2, 0.25) is 0 Å². The van der Waals surface area contributed by atoms with Gasteiger partial charge in [-0.25, -0.2) is 14.8 Å². The second-order valence-corrected chi connectivity index (χ2v) is 8.32. The summed E-state index contributed by atoms with van der Waals surface area (Å²) in [5.41, 5.74) is 0.132. The summed E-state index contributed by atoms with van der Waals surface area (Å²) in [6, 6.07) is 9.38. The van der Waals surface area contributed by atoms with Gasteiger partial charge in [-0.1, -0.05) is 42.1 Å². The predicted molar refractivity (Wildman–Crippen MR) is 117 cm³/mol. The molecule has 0 N–H and O–H groups in total. The molecule has 0 bridgehead atoms. The van der Waals surface area contributed by atoms with Crippen molar-refractivity contribution in [3.8, 4) is 11.4 Å². The number of fused-ring (bicyclic) bond motifs is 1. The van der Waals surface area contributed by atoms with Crippen LogP contribution >= 0.6 is 11.8 Å². The first-order valence-electron chi connectivity index (χ1n) is 9.91. The van der Waals surface area contributed by atoms with Gasteiger partial charge in [0.2, 0.25) is 5.91 Å². The first-order chi connectivity index (χ1) is 14.5. The van der Waals surface area contributed by atoms with Crippen molar-refractivity contribution in [1.82, 2.24) is 24.0 Å². The third kappa shape index (κ3) is 3.77. The van der Waals surface area contributed by atoms with E-state index in [1.807, 2.05) is 35.2 Å². The zero-order chi connectivity index (χ0) is 21.3. The summed E-state index contributed by atoms with van der Waals surface area (Å²) in [7, 11) is 3.02. The first kappa shape index (κ1) is 20.3. The average Bonchev–Trinajstić information content (AvgIpc) is 2.80. The molecular weight excluding hydrogens is 402 g/mol. The van der Waals surface area contributed by atoms with Crippen molar-refractivity contribution in [2.24, 2.45) is 14.1 Å². The number of hydrogen-bond acceptors (Lipinski definition) is 6. The molecule has 0 atom stereocenters. The topological polar surface area (TPSA) is 90.1 Å². The fourth-order valence-electron chi connectivity index (χ4n) is 3.61. The van der Waals surface area contributed by atoms with Crippen LogP contribution in [-0.2, 0) is 18.9 Å². The molecule has 1 amide bonds. The van der Waals surface area contributed by atoms with Gasteiger partial charge in [0, 0.05) is 32.7 Å². The maximum Gasteiger partial charge on any atom is 0.332 e. The molecule has 30 heavy (non-hydrogen) atoms. The van der Waals surface area contributed by atoms with Crippen molar-refractivity contribution < 1.29 is 4.79 Å². The maximum atomic E-state index is 12.9. The van der Waals surface area contributed by atoms with Crippen LogP contribution in [0, 0.1) is 0 Å². The van der Waals surface area contributed by atoms with E-state index in [-0.39, 0.29) is 22.7 Å². The number of benzene rings is 1. The average molecular weight is 426 g/mol. The molecule has 1 fully saturated rings. The van der Waals surface area contributed by atoms with E-state index >= 15 is 0 Å². The van der Waals surface area contributed by atoms with E-state index in [1.54, 1.807) is 7.05 Å². The highest BCUT2D eigenvalue weighted by Crippen LogP contribution is 2.26. The molecule has 2 aromatic heterocycles. The Balaban J connectivity index is 1.80. The number of amides is 1. The Morgan fingerprint density at radius 1 is 1.00 bits per heavy atom. The van der Waals surface area contributed by atoms with E-state index in [0.717, 1.165) is 42.5 Å². The van der Waals surface area contributed by atoms with Gasteiger partial charge >= 0.3 is 5.69 Å². The molecule has 0 unspecified atom stereocenters. The molecule has 0 saturated carbocycles. The highest BCUT2D eigenvalue weighted by molar-refractivity contribution is 8.00. The third-order valence-corrected chi connectivity index (χ3v) is 6.30. The minimum Gasteiger partial charge on any atom is -0.342 e. The van der Waals surface area contributed by atoms with Gasteiger partial charge in [-0.2, -0.15) is 0 Å². The minimum absolute atomic E-state index is 0.0365. The fourth-order valence-corrected chi connectivity index (χ4v) is 4.53. The second kappa shape index (κ2) is 8.43. The van der Waals surface area contributed by atoms with Crippen molar-refractivity contribution in [1.29, 1.82) is 0 Å². The quantitative estimate of drug-likeness (QED) is 0.468. The van der Waals surface area contributed by atoms with Gasteiger partial charge in [0.25, 0.3) is 5.56 Å². The van der Waals surface area contributed by atoms with Crippen LogP contribution < -0.4 is 11.2 Å². The number of carbonyl (C=O) groups excluding carboxylic acids is 1. The highest BCUT2D eigenvalue weighted by atomic mass is 32.2. The summed E-state index contributed by atoms with van der Waals surface area (Å²) in [6.45, 7) is 1.55. The number of carbonyl (C=O) groups is 1. The SMILES string of the molecule is Cn1c(=O)c2c(SCC(=O)N3CCCCC3)nc(-c3ccccc3)nc2n(C)c1=O. The molecule has 1 aliphatic heterocycles. The van der Waals surface area contributed by atoms with E-state index < -0.39 is 11.2 Å². The Bertz CT molecular complexity index is 1210. The molecular formula is C21H23N5O3S. The minimum atomic E-state index is -0.458. The lowest BCUT2D eigenvalue weighted by molar-refractivity contribution is -0.129. The summed E-state index contributed by atoms with van der Waals surface area (Å²) in [6.07, 6.45) is 3.19. The van der Waals surface area contributed by atoms with Crippen LogP contribution in [0.1, 0.15) is 19.3 Å². The van der Waals surface area contributed by atoms with Crippen LogP contribution in [0.25, 0.3) is 22.4 Å². The molecule has 8 nitrogen and oxygen atoms in total. The first-order valence-corrected chi connectivity index (χ1v) is 10.9. The Morgan fingerprint density at radius 3 is 2.40 bits per heavy atom. The molecule has 156 valence electrons. The number of piperidine rings is 1. The van der Waals surface area contributed by atoms with Crippen molar-refractivity contribution in [2.75, 3.05) is 18.8 Å². The van der Waals surface area contributed by atoms with Crippen molar-refractivity contribution in [3.63, 3.8) is 0 Å². The molecule has 4 rings (SSSR count). The number of hydrogen-bond donors (Lipinski definition) is 0. The van der Waals surface area contributed by atoms with Gasteiger partial charge in [0.05, 0.1) is 5.75 Å². The number of likely N-dealkylation sites (tertiary alicyclic amines) is 1. The van der Waals surface area contributed by atoms with Crippen LogP contribution in [-0.4, -0.2) is 48.8 Å². The highest BCUT2D eigenvalue weighted by Gasteiger charge is 2.21. The zero-order valence-corrected chi connectivity index (χ0v) is 17.8. The maximum absolute atomic E-state index is 12.9. The molecule has 1 saturated heterocycles. The van der Waals surface area contributed by atoms with E-state index in [0.29, 0.717) is 10.9 Å². The Morgan fingerprint density at radius 2 is 1.70 bits per heavy atom. The Labute approximate surface area is 177 Å². The molecule has 0 aliphatic carbocycles. The smallest absolute Gasteiger partial charge is 0.332 e. The Hall–Kier alpha value is -2.94. The van der Waals surface area contributed by atoms with Gasteiger partial charge in [0.1, 0.15) is 10.4 Å². The van der Waals surface area contributed by atoms with E-state index in [2.05, 4.69) is 9.97 Å². The standard InChI is InChI=1S/C21H23N5O3S/c1-24-18-16(20(28)25(2)21(24)29)19(23-17(22-18)14-9-5-3-6-10-14)30-13-15(27)26-11-7-4-8-12-26/h3,5-6,9-10H,4,7-8,11-13H2,1-2H3. The number of aryl methyl sites for hydroxylation is 1. The van der Waals surface area contributed by atoms with Crippen LogP contribution in [0.3, 0.4) is 0 Å². The van der Waals surface area contributed by atoms with Crippen molar-refractivity contribution >= 4 is 28.7 Å². The van der Waals surface area contributed by atoms with E-state index in [1.165, 1.54) is 23.4 Å². The normalized spacial score (nSPS) is 14.3. The van der Waals surface area contributed by atoms with Gasteiger partial charge in [-0.15, -0.1) is 0 Å². The molecule has 3 heterocycles. The molecule has 0 spiro atoms. The van der Waals surface area contributed by atoms with Gasteiger partial charge in [0.15, 0.2) is 11.5 Å². The second-order valence-electron chi connectivity index (χ2n) is 7.35. The van der Waals surface area contributed by atoms with Gasteiger partial charge in [-0.3, -0.25) is 18.7 Å². The summed E-state index contributed by atoms with van der Waals surface area (Å²) in [5, 5.41) is 0.677. The lowest BCUT2D eigenvalue weighted by Gasteiger charge is -2.26. The summed E-state index contributed by atoms with van der Waals surface area (Å²) >= 11 is 1.23. The van der Waals surface area contributed by atoms with E-state index in [9.17, 15) is 14.4 Å². The van der Waals surface area contributed by atoms with E-state index in [4.69, 9.17) is 0 Å². The predicted octanol–water partition coefficient (Wildman–Crippen LogP) is 1.80. The fraction of sp³-hybridized carbons (Fsp3) is 0.381. The monoisotopic (exact) mass is 425 g/mol. The van der Waals surface area contributed by atoms with Crippen molar-refractivity contribution in [2.45, 2.75) is 24.3 Å². The lowest BCUT2D eigenvalue weighted by atomic mass is 10.1. The summed E-state index contributed by atoms with van der Waals surface area (Å²) < 4.78 is 2.39. The number of thioether (sulfide) groups is 1. The molecule has 1 aliphatic rings. The molecule has 1 aromatic carbocycles. The van der Waals surface area contributed by atoms with Gasteiger partial charge in [-0.05, 0) is 19.3 Å². The van der Waals surface area contributed by atoms with Crippen LogP contribution in [0.5, 0.6) is 0 Å². The van der Waals surface area contributed by atoms with Crippen molar-refractivity contribution in [3.05, 3.63) is 51.2 Å². The van der Waals surface area contributed by atoms with Gasteiger partial charge < -0.3 is 4.90 Å². The van der Waals surface area contributed by atoms with Crippen LogP contribution in [0.4, 0.5) is 0 Å². The third-order valence-electron chi connectivity index (χ3n) is 5.34. The molecule has 9 heteroatoms. The lowest BCUT2D eigenvalue weighted by Crippen LogP contribution is -2.38. The molecule has 0 radical (unpaired) electrons. The van der Waals surface area contributed by atoms with Crippen LogP contribution in [0.15, 0.2) is 44.9 Å². The molecule has 3 aromatic rings.